The zero-order chi connectivity index (χ0) is 8.43. The van der Waals surface area contributed by atoms with Crippen LogP contribution in [0.1, 0.15) is 26.3 Å². The van der Waals surface area contributed by atoms with Crippen molar-refractivity contribution in [1.82, 2.24) is 14.8 Å². The molecule has 0 radical (unpaired) electrons. The van der Waals surface area contributed by atoms with Crippen LogP contribution in [0.2, 0.25) is 0 Å². The predicted molar refractivity (Wildman–Crippen MR) is 43.8 cm³/mol. The average molecular weight is 155 g/mol. The van der Waals surface area contributed by atoms with Crippen molar-refractivity contribution in [2.45, 2.75) is 26.3 Å². The predicted octanol–water partition coefficient (Wildman–Crippen LogP) is 0.414. The molecule has 1 aromatic rings. The molecular weight excluding hydrogens is 142 g/mol. The van der Waals surface area contributed by atoms with Crippen molar-refractivity contribution >= 4 is 11.9 Å². The van der Waals surface area contributed by atoms with E-state index in [4.69, 9.17) is 11.5 Å². The molecule has 0 bridgehead atoms. The quantitative estimate of drug-likeness (QED) is 0.648. The summed E-state index contributed by atoms with van der Waals surface area (Å²) in [5, 5.41) is 3.94. The van der Waals surface area contributed by atoms with Crippen molar-refractivity contribution in [1.29, 1.82) is 0 Å². The van der Waals surface area contributed by atoms with Gasteiger partial charge < -0.3 is 11.5 Å². The topological polar surface area (TPSA) is 82.8 Å². The van der Waals surface area contributed by atoms with Gasteiger partial charge in [0.1, 0.15) is 0 Å². The van der Waals surface area contributed by atoms with Crippen molar-refractivity contribution in [3.05, 3.63) is 0 Å². The minimum atomic E-state index is 0.239. The molecule has 1 unspecified atom stereocenters. The fraction of sp³-hybridized carbons (Fsp3) is 0.667. The molecule has 5 heteroatoms. The maximum atomic E-state index is 5.53. The Morgan fingerprint density at radius 2 is 2.18 bits per heavy atom. The summed E-state index contributed by atoms with van der Waals surface area (Å²) in [6, 6.07) is 0.264. The summed E-state index contributed by atoms with van der Waals surface area (Å²) >= 11 is 0. The Kier molecular flexibility index (Phi) is 1.98. The van der Waals surface area contributed by atoms with Gasteiger partial charge in [0.2, 0.25) is 11.9 Å². The summed E-state index contributed by atoms with van der Waals surface area (Å²) in [6.07, 6.45) is 0.965. The molecule has 4 N–H and O–H groups in total. The van der Waals surface area contributed by atoms with Gasteiger partial charge in [-0.15, -0.1) is 5.10 Å². The molecule has 0 aliphatic carbocycles. The largest absolute Gasteiger partial charge is 0.368 e. The first-order chi connectivity index (χ1) is 5.15. The SMILES string of the molecule is CCC(C)n1nc(N)nc1N. The highest BCUT2D eigenvalue weighted by atomic mass is 15.4. The number of hydrogen-bond acceptors (Lipinski definition) is 4. The number of nitrogens with zero attached hydrogens (tertiary/aromatic N) is 3. The maximum Gasteiger partial charge on any atom is 0.241 e. The van der Waals surface area contributed by atoms with Crippen molar-refractivity contribution < 1.29 is 0 Å². The van der Waals surface area contributed by atoms with E-state index in [9.17, 15) is 0 Å². The van der Waals surface area contributed by atoms with Crippen LogP contribution in [-0.2, 0) is 0 Å². The Morgan fingerprint density at radius 1 is 1.55 bits per heavy atom. The van der Waals surface area contributed by atoms with E-state index in [1.165, 1.54) is 0 Å². The van der Waals surface area contributed by atoms with Crippen LogP contribution in [0.25, 0.3) is 0 Å². The van der Waals surface area contributed by atoms with Crippen LogP contribution >= 0.6 is 0 Å². The van der Waals surface area contributed by atoms with Crippen LogP contribution in [0.4, 0.5) is 11.9 Å². The molecule has 1 aromatic heterocycles. The zero-order valence-electron chi connectivity index (χ0n) is 6.78. The number of anilines is 2. The van der Waals surface area contributed by atoms with Crippen molar-refractivity contribution in [3.8, 4) is 0 Å². The molecule has 0 saturated carbocycles. The zero-order valence-corrected chi connectivity index (χ0v) is 6.78. The summed E-state index contributed by atoms with van der Waals surface area (Å²) in [4.78, 5) is 3.79. The third-order valence-electron chi connectivity index (χ3n) is 1.68. The van der Waals surface area contributed by atoms with E-state index in [0.717, 1.165) is 6.42 Å². The van der Waals surface area contributed by atoms with Crippen LogP contribution in [0, 0.1) is 0 Å². The van der Waals surface area contributed by atoms with Crippen molar-refractivity contribution in [2.75, 3.05) is 11.5 Å². The molecule has 11 heavy (non-hydrogen) atoms. The van der Waals surface area contributed by atoms with Crippen LogP contribution in [0.5, 0.6) is 0 Å². The first-order valence-electron chi connectivity index (χ1n) is 3.62. The fourth-order valence-corrected chi connectivity index (χ4v) is 0.850. The minimum absolute atomic E-state index is 0.239. The molecule has 0 spiro atoms. The van der Waals surface area contributed by atoms with Gasteiger partial charge in [0, 0.05) is 0 Å². The van der Waals surface area contributed by atoms with Crippen LogP contribution in [0.15, 0.2) is 0 Å². The van der Waals surface area contributed by atoms with Crippen LogP contribution in [-0.4, -0.2) is 14.8 Å². The third-order valence-corrected chi connectivity index (χ3v) is 1.68. The average Bonchev–Trinajstić information content (AvgIpc) is 2.28. The molecule has 5 nitrogen and oxygen atoms in total. The highest BCUT2D eigenvalue weighted by Gasteiger charge is 2.08. The number of rotatable bonds is 2. The Hall–Kier alpha value is -1.26. The summed E-state index contributed by atoms with van der Waals surface area (Å²) in [6.45, 7) is 4.08. The Balaban J connectivity index is 2.93. The van der Waals surface area contributed by atoms with E-state index < -0.39 is 0 Å². The van der Waals surface area contributed by atoms with Gasteiger partial charge in [0.05, 0.1) is 6.04 Å². The van der Waals surface area contributed by atoms with Gasteiger partial charge in [-0.05, 0) is 13.3 Å². The lowest BCUT2D eigenvalue weighted by Gasteiger charge is -2.08. The van der Waals surface area contributed by atoms with Gasteiger partial charge in [0.15, 0.2) is 0 Å². The van der Waals surface area contributed by atoms with E-state index in [2.05, 4.69) is 17.0 Å². The minimum Gasteiger partial charge on any atom is -0.368 e. The van der Waals surface area contributed by atoms with Gasteiger partial charge >= 0.3 is 0 Å². The van der Waals surface area contributed by atoms with E-state index in [1.54, 1.807) is 4.68 Å². The molecule has 0 amide bonds. The smallest absolute Gasteiger partial charge is 0.241 e. The van der Waals surface area contributed by atoms with Gasteiger partial charge in [-0.1, -0.05) is 6.92 Å². The van der Waals surface area contributed by atoms with Gasteiger partial charge in [-0.3, -0.25) is 0 Å². The van der Waals surface area contributed by atoms with Gasteiger partial charge in [0.25, 0.3) is 0 Å². The number of hydrogen-bond donors (Lipinski definition) is 2. The molecule has 0 aliphatic rings. The van der Waals surface area contributed by atoms with Crippen LogP contribution in [0.3, 0.4) is 0 Å². The lowest BCUT2D eigenvalue weighted by molar-refractivity contribution is 0.485. The molecule has 1 rings (SSSR count). The maximum absolute atomic E-state index is 5.53. The molecule has 62 valence electrons. The summed E-state index contributed by atoms with van der Waals surface area (Å²) in [7, 11) is 0. The second-order valence-corrected chi connectivity index (χ2v) is 2.53. The molecule has 0 saturated heterocycles. The summed E-state index contributed by atoms with van der Waals surface area (Å²) in [5.41, 5.74) is 10.9. The fourth-order valence-electron chi connectivity index (χ4n) is 0.850. The normalized spacial score (nSPS) is 13.3. The highest BCUT2D eigenvalue weighted by Crippen LogP contribution is 2.13. The molecule has 1 atom stereocenters. The number of nitrogens with two attached hydrogens (primary N) is 2. The third kappa shape index (κ3) is 1.42. The molecular formula is C6H13N5. The van der Waals surface area contributed by atoms with E-state index >= 15 is 0 Å². The van der Waals surface area contributed by atoms with E-state index in [-0.39, 0.29) is 12.0 Å². The molecule has 0 fully saturated rings. The van der Waals surface area contributed by atoms with Crippen LogP contribution < -0.4 is 11.5 Å². The second-order valence-electron chi connectivity index (χ2n) is 2.53. The lowest BCUT2D eigenvalue weighted by atomic mass is 10.3. The molecule has 1 heterocycles. The standard InChI is InChI=1S/C6H13N5/c1-3-4(2)11-6(8)9-5(7)10-11/h4H,3H2,1-2H3,(H4,7,8,9,10). The lowest BCUT2D eigenvalue weighted by Crippen LogP contribution is -2.09. The van der Waals surface area contributed by atoms with E-state index in [0.29, 0.717) is 5.95 Å². The van der Waals surface area contributed by atoms with Gasteiger partial charge in [-0.25, -0.2) is 4.68 Å². The van der Waals surface area contributed by atoms with Crippen molar-refractivity contribution in [2.24, 2.45) is 0 Å². The van der Waals surface area contributed by atoms with Crippen molar-refractivity contribution in [3.63, 3.8) is 0 Å². The second kappa shape index (κ2) is 2.77. The Morgan fingerprint density at radius 3 is 2.55 bits per heavy atom. The van der Waals surface area contributed by atoms with Gasteiger partial charge in [-0.2, -0.15) is 4.98 Å². The highest BCUT2D eigenvalue weighted by molar-refractivity contribution is 5.26. The Labute approximate surface area is 65.4 Å². The summed E-state index contributed by atoms with van der Waals surface area (Å²) < 4.78 is 1.63. The first kappa shape index (κ1) is 7.84. The number of aromatic nitrogens is 3. The summed E-state index contributed by atoms with van der Waals surface area (Å²) in [5.74, 6) is 0.625. The Bertz CT molecular complexity index is 241. The first-order valence-corrected chi connectivity index (χ1v) is 3.62. The van der Waals surface area contributed by atoms with E-state index in [1.807, 2.05) is 6.92 Å². The number of nitrogen functional groups attached to an aromatic ring is 2. The molecule has 0 aromatic carbocycles. The monoisotopic (exact) mass is 155 g/mol. The molecule has 0 aliphatic heterocycles.